The lowest BCUT2D eigenvalue weighted by atomic mass is 10.2. The molecule has 8 nitrogen and oxygen atoms in total. The third-order valence-corrected chi connectivity index (χ3v) is 5.19. The van der Waals surface area contributed by atoms with Crippen LogP contribution in [-0.4, -0.2) is 37.9 Å². The van der Waals surface area contributed by atoms with E-state index < -0.39 is 11.7 Å². The lowest BCUT2D eigenvalue weighted by Gasteiger charge is -2.23. The summed E-state index contributed by atoms with van der Waals surface area (Å²) in [6.07, 6.45) is -1.37. The number of nitrogens with one attached hydrogen (secondary N) is 1. The molecule has 0 aromatic carbocycles. The highest BCUT2D eigenvalue weighted by molar-refractivity contribution is 7.09. The Morgan fingerprint density at radius 3 is 2.66 bits per heavy atom. The molecule has 12 heteroatoms. The molecule has 3 aromatic heterocycles. The van der Waals surface area contributed by atoms with E-state index in [0.717, 1.165) is 28.7 Å². The Kier molecular flexibility index (Phi) is 5.96. The molecule has 0 radical (unpaired) electrons. The maximum Gasteiger partial charge on any atom is 0.418 e. The highest BCUT2D eigenvalue weighted by atomic mass is 32.1. The summed E-state index contributed by atoms with van der Waals surface area (Å²) in [5.74, 6) is 0.425. The number of hydrogen-bond donors (Lipinski definition) is 1. The van der Waals surface area contributed by atoms with Crippen LogP contribution < -0.4 is 15.0 Å². The summed E-state index contributed by atoms with van der Waals surface area (Å²) in [5.41, 5.74) is -0.748. The van der Waals surface area contributed by atoms with Gasteiger partial charge in [-0.15, -0.1) is 0 Å². The molecule has 4 heterocycles. The summed E-state index contributed by atoms with van der Waals surface area (Å²) in [7, 11) is 0. The molecule has 168 valence electrons. The van der Waals surface area contributed by atoms with Crippen molar-refractivity contribution in [1.82, 2.24) is 19.3 Å². The fraction of sp³-hybridized carbons (Fsp3) is 0.350. The molecule has 0 aliphatic carbocycles. The first-order valence-electron chi connectivity index (χ1n) is 9.83. The minimum absolute atomic E-state index is 0.00694. The van der Waals surface area contributed by atoms with Gasteiger partial charge in [0.25, 0.3) is 0 Å². The van der Waals surface area contributed by atoms with Crippen LogP contribution in [0.5, 0.6) is 5.75 Å². The van der Waals surface area contributed by atoms with E-state index in [4.69, 9.17) is 4.74 Å². The smallest absolute Gasteiger partial charge is 0.418 e. The van der Waals surface area contributed by atoms with Crippen LogP contribution in [0.1, 0.15) is 32.3 Å². The van der Waals surface area contributed by atoms with E-state index in [1.54, 1.807) is 18.3 Å². The summed E-state index contributed by atoms with van der Waals surface area (Å²) in [4.78, 5) is 26.0. The van der Waals surface area contributed by atoms with Crippen molar-refractivity contribution in [3.63, 3.8) is 0 Å². The van der Waals surface area contributed by atoms with Crippen LogP contribution in [0.2, 0.25) is 0 Å². The number of carbonyl (C=O) groups is 1. The van der Waals surface area contributed by atoms with Crippen LogP contribution in [0.15, 0.2) is 30.6 Å². The van der Waals surface area contributed by atoms with Gasteiger partial charge in [-0.2, -0.15) is 22.5 Å². The zero-order valence-electron chi connectivity index (χ0n) is 17.2. The van der Waals surface area contributed by atoms with Gasteiger partial charge in [-0.1, -0.05) is 0 Å². The zero-order chi connectivity index (χ0) is 22.9. The molecule has 0 bridgehead atoms. The van der Waals surface area contributed by atoms with Gasteiger partial charge in [0.15, 0.2) is 11.6 Å². The highest BCUT2D eigenvalue weighted by Gasteiger charge is 2.39. The summed E-state index contributed by atoms with van der Waals surface area (Å²) < 4.78 is 50.7. The minimum atomic E-state index is -4.65. The Hall–Kier alpha value is -3.28. The van der Waals surface area contributed by atoms with E-state index in [9.17, 15) is 18.0 Å². The lowest BCUT2D eigenvalue weighted by molar-refractivity contribution is -0.137. The molecule has 1 aliphatic rings. The quantitative estimate of drug-likeness (QED) is 0.567. The van der Waals surface area contributed by atoms with Gasteiger partial charge in [-0.05, 0) is 38.5 Å². The number of amides is 1. The van der Waals surface area contributed by atoms with Gasteiger partial charge in [0.1, 0.15) is 11.4 Å². The number of anilines is 3. The fourth-order valence-electron chi connectivity index (χ4n) is 3.27. The zero-order valence-corrected chi connectivity index (χ0v) is 18.0. The molecular weight excluding hydrogens is 445 g/mol. The molecule has 1 amide bonds. The van der Waals surface area contributed by atoms with E-state index >= 15 is 0 Å². The first kappa shape index (κ1) is 21.9. The summed E-state index contributed by atoms with van der Waals surface area (Å²) in [5, 5.41) is 3.02. The Morgan fingerprint density at radius 2 is 2.03 bits per heavy atom. The standard InChI is InChI=1S/C20H19F3N6O2S/c1-11(2)31-12-5-6-14(25-10-12)17-26-19(32-28-17)27-18-16(29-9-3-4-15(29)30)13(7-8-24-18)20(21,22)23/h5-8,10-11H,3-4,9H2,1-2H3,(H,24,26,27,28). The Balaban J connectivity index is 1.63. The first-order chi connectivity index (χ1) is 15.2. The van der Waals surface area contributed by atoms with Crippen LogP contribution in [-0.2, 0) is 11.0 Å². The van der Waals surface area contributed by atoms with Crippen molar-refractivity contribution >= 4 is 34.1 Å². The van der Waals surface area contributed by atoms with Crippen LogP contribution in [0.3, 0.4) is 0 Å². The molecule has 1 N–H and O–H groups in total. The molecule has 32 heavy (non-hydrogen) atoms. The molecule has 4 rings (SSSR count). The molecule has 0 saturated carbocycles. The maximum atomic E-state index is 13.6. The fourth-order valence-corrected chi connectivity index (χ4v) is 3.84. The topological polar surface area (TPSA) is 93.1 Å². The van der Waals surface area contributed by atoms with Gasteiger partial charge in [0.05, 0.1) is 23.6 Å². The molecular formula is C20H19F3N6O2S. The molecule has 1 aliphatic heterocycles. The average molecular weight is 464 g/mol. The molecule has 0 spiro atoms. The monoisotopic (exact) mass is 464 g/mol. The van der Waals surface area contributed by atoms with Gasteiger partial charge in [0, 0.05) is 30.7 Å². The minimum Gasteiger partial charge on any atom is -0.489 e. The predicted molar refractivity (Wildman–Crippen MR) is 113 cm³/mol. The van der Waals surface area contributed by atoms with Gasteiger partial charge in [0.2, 0.25) is 11.0 Å². The van der Waals surface area contributed by atoms with E-state index in [2.05, 4.69) is 24.6 Å². The number of nitrogens with zero attached hydrogens (tertiary/aromatic N) is 5. The second kappa shape index (κ2) is 8.69. The second-order valence-corrected chi connectivity index (χ2v) is 8.05. The van der Waals surface area contributed by atoms with Crippen molar-refractivity contribution in [1.29, 1.82) is 0 Å². The van der Waals surface area contributed by atoms with Crippen molar-refractivity contribution in [3.8, 4) is 17.3 Å². The lowest BCUT2D eigenvalue weighted by Crippen LogP contribution is -2.28. The molecule has 1 fully saturated rings. The average Bonchev–Trinajstić information content (AvgIpc) is 3.36. The van der Waals surface area contributed by atoms with E-state index in [1.165, 1.54) is 0 Å². The Morgan fingerprint density at radius 1 is 1.22 bits per heavy atom. The van der Waals surface area contributed by atoms with Gasteiger partial charge in [-0.25, -0.2) is 9.97 Å². The van der Waals surface area contributed by atoms with E-state index in [0.29, 0.717) is 23.7 Å². The van der Waals surface area contributed by atoms with Crippen LogP contribution in [0.25, 0.3) is 11.5 Å². The highest BCUT2D eigenvalue weighted by Crippen LogP contribution is 2.42. The summed E-state index contributed by atoms with van der Waals surface area (Å²) in [6.45, 7) is 4.00. The van der Waals surface area contributed by atoms with Crippen molar-refractivity contribution in [3.05, 3.63) is 36.2 Å². The molecule has 0 atom stereocenters. The van der Waals surface area contributed by atoms with Crippen LogP contribution >= 0.6 is 11.5 Å². The van der Waals surface area contributed by atoms with Crippen LogP contribution in [0.4, 0.5) is 29.8 Å². The normalized spacial score (nSPS) is 14.3. The number of alkyl halides is 3. The molecule has 0 unspecified atom stereocenters. The third-order valence-electron chi connectivity index (χ3n) is 4.56. The first-order valence-corrected chi connectivity index (χ1v) is 10.6. The van der Waals surface area contributed by atoms with E-state index in [-0.39, 0.29) is 41.6 Å². The van der Waals surface area contributed by atoms with Crippen LogP contribution in [0, 0.1) is 0 Å². The van der Waals surface area contributed by atoms with Crippen molar-refractivity contribution in [2.45, 2.75) is 39.0 Å². The Bertz CT molecular complexity index is 1120. The number of pyridine rings is 2. The van der Waals surface area contributed by atoms with E-state index in [1.807, 2.05) is 13.8 Å². The molecule has 1 saturated heterocycles. The number of ether oxygens (including phenoxy) is 1. The van der Waals surface area contributed by atoms with Crippen molar-refractivity contribution in [2.24, 2.45) is 0 Å². The number of aromatic nitrogens is 4. The SMILES string of the molecule is CC(C)Oc1ccc(-c2nsc(Nc3nccc(C(F)(F)F)c3N3CCCC3=O)n2)nc1. The summed E-state index contributed by atoms with van der Waals surface area (Å²) >= 11 is 0.951. The summed E-state index contributed by atoms with van der Waals surface area (Å²) in [6, 6.07) is 4.30. The van der Waals surface area contributed by atoms with Gasteiger partial charge < -0.3 is 15.0 Å². The predicted octanol–water partition coefficient (Wildman–Crippen LogP) is 4.67. The number of hydrogen-bond acceptors (Lipinski definition) is 8. The van der Waals surface area contributed by atoms with Gasteiger partial charge in [-0.3, -0.25) is 4.79 Å². The van der Waals surface area contributed by atoms with Gasteiger partial charge >= 0.3 is 6.18 Å². The maximum absolute atomic E-state index is 13.6. The molecule has 3 aromatic rings. The number of carbonyl (C=O) groups excluding carboxylic acids is 1. The number of halogens is 3. The largest absolute Gasteiger partial charge is 0.489 e. The Labute approximate surface area is 185 Å². The second-order valence-electron chi connectivity index (χ2n) is 7.30. The number of rotatable bonds is 6. The van der Waals surface area contributed by atoms with Crippen molar-refractivity contribution in [2.75, 3.05) is 16.8 Å². The van der Waals surface area contributed by atoms with Crippen molar-refractivity contribution < 1.29 is 22.7 Å². The third kappa shape index (κ3) is 4.64.